The normalized spacial score (nSPS) is 11.9. The lowest BCUT2D eigenvalue weighted by Crippen LogP contribution is -2.41. The van der Waals surface area contributed by atoms with Crippen molar-refractivity contribution >= 4 is 23.9 Å². The van der Waals surface area contributed by atoms with Gasteiger partial charge in [-0.25, -0.2) is 4.79 Å². The van der Waals surface area contributed by atoms with Crippen molar-refractivity contribution in [2.45, 2.75) is 18.9 Å². The minimum atomic E-state index is -0.914. The zero-order valence-corrected chi connectivity index (χ0v) is 11.8. The topological polar surface area (TPSA) is 94.8 Å². The first-order valence-corrected chi connectivity index (χ1v) is 6.23. The molecule has 0 saturated carbocycles. The van der Waals surface area contributed by atoms with Crippen molar-refractivity contribution < 1.29 is 28.3 Å². The van der Waals surface area contributed by atoms with Crippen LogP contribution in [-0.4, -0.2) is 38.1 Å². The van der Waals surface area contributed by atoms with Crippen molar-refractivity contribution in [1.82, 2.24) is 5.32 Å². The molecule has 0 bridgehead atoms. The molecule has 0 fully saturated rings. The van der Waals surface area contributed by atoms with Crippen LogP contribution in [0.5, 0.6) is 0 Å². The number of esters is 2. The van der Waals surface area contributed by atoms with Gasteiger partial charge in [-0.3, -0.25) is 9.59 Å². The van der Waals surface area contributed by atoms with Crippen molar-refractivity contribution in [2.75, 3.05) is 14.2 Å². The van der Waals surface area contributed by atoms with E-state index in [-0.39, 0.29) is 12.8 Å². The third kappa shape index (κ3) is 5.94. The Labute approximate surface area is 121 Å². The van der Waals surface area contributed by atoms with Crippen LogP contribution in [0.25, 0.3) is 6.08 Å². The number of carbonyl (C=O) groups excluding carboxylic acids is 3. The quantitative estimate of drug-likeness (QED) is 0.593. The first-order chi connectivity index (χ1) is 10.1. The molecule has 0 aliphatic heterocycles. The minimum absolute atomic E-state index is 0.00154. The van der Waals surface area contributed by atoms with Gasteiger partial charge in [0.15, 0.2) is 0 Å². The van der Waals surface area contributed by atoms with Crippen LogP contribution in [-0.2, 0) is 23.9 Å². The summed E-state index contributed by atoms with van der Waals surface area (Å²) in [6.45, 7) is 0. The molecule has 0 aliphatic rings. The van der Waals surface area contributed by atoms with Gasteiger partial charge in [-0.1, -0.05) is 0 Å². The predicted molar refractivity (Wildman–Crippen MR) is 72.9 cm³/mol. The van der Waals surface area contributed by atoms with Gasteiger partial charge in [-0.05, 0) is 24.6 Å². The summed E-state index contributed by atoms with van der Waals surface area (Å²) in [6, 6.07) is 2.45. The van der Waals surface area contributed by atoms with Crippen molar-refractivity contribution in [3.63, 3.8) is 0 Å². The second-order valence-corrected chi connectivity index (χ2v) is 4.05. The smallest absolute Gasteiger partial charge is 0.328 e. The molecule has 1 aromatic heterocycles. The molecule has 1 rings (SSSR count). The molecular formula is C14H17NO6. The van der Waals surface area contributed by atoms with Gasteiger partial charge in [0.05, 0.1) is 20.5 Å². The van der Waals surface area contributed by atoms with Gasteiger partial charge in [0.25, 0.3) is 0 Å². The van der Waals surface area contributed by atoms with Crippen LogP contribution in [0.3, 0.4) is 0 Å². The third-order valence-corrected chi connectivity index (χ3v) is 2.61. The van der Waals surface area contributed by atoms with Crippen LogP contribution in [0, 0.1) is 0 Å². The summed E-state index contributed by atoms with van der Waals surface area (Å²) in [5.74, 6) is -1.08. The SMILES string of the molecule is COC(=O)CC[C@H](NC(=O)/C=C/c1ccco1)C(=O)OC. The molecule has 0 saturated heterocycles. The van der Waals surface area contributed by atoms with Gasteiger partial charge >= 0.3 is 11.9 Å². The van der Waals surface area contributed by atoms with E-state index >= 15 is 0 Å². The fourth-order valence-electron chi connectivity index (χ4n) is 1.52. The van der Waals surface area contributed by atoms with E-state index in [2.05, 4.69) is 14.8 Å². The third-order valence-electron chi connectivity index (χ3n) is 2.61. The minimum Gasteiger partial charge on any atom is -0.469 e. The number of carbonyl (C=O) groups is 3. The molecular weight excluding hydrogens is 278 g/mol. The molecule has 1 heterocycles. The van der Waals surface area contributed by atoms with Crippen molar-refractivity contribution in [3.8, 4) is 0 Å². The Kier molecular flexibility index (Phi) is 6.73. The molecule has 0 radical (unpaired) electrons. The number of rotatable bonds is 7. The molecule has 1 N–H and O–H groups in total. The number of hydrogen-bond acceptors (Lipinski definition) is 6. The zero-order valence-electron chi connectivity index (χ0n) is 11.8. The van der Waals surface area contributed by atoms with Crippen molar-refractivity contribution in [2.24, 2.45) is 0 Å². The van der Waals surface area contributed by atoms with Gasteiger partial charge in [0.2, 0.25) is 5.91 Å². The summed E-state index contributed by atoms with van der Waals surface area (Å²) in [5, 5.41) is 2.46. The predicted octanol–water partition coefficient (Wildman–Crippen LogP) is 0.904. The summed E-state index contributed by atoms with van der Waals surface area (Å²) in [5.41, 5.74) is 0. The largest absolute Gasteiger partial charge is 0.469 e. The van der Waals surface area contributed by atoms with E-state index in [1.165, 1.54) is 32.6 Å². The molecule has 7 nitrogen and oxygen atoms in total. The van der Waals surface area contributed by atoms with Crippen LogP contribution >= 0.6 is 0 Å². The lowest BCUT2D eigenvalue weighted by molar-refractivity contribution is -0.146. The fourth-order valence-corrected chi connectivity index (χ4v) is 1.52. The molecule has 0 spiro atoms. The van der Waals surface area contributed by atoms with Gasteiger partial charge in [0, 0.05) is 12.5 Å². The van der Waals surface area contributed by atoms with Gasteiger partial charge in [-0.15, -0.1) is 0 Å². The first-order valence-electron chi connectivity index (χ1n) is 6.23. The highest BCUT2D eigenvalue weighted by molar-refractivity contribution is 5.94. The molecule has 0 unspecified atom stereocenters. The highest BCUT2D eigenvalue weighted by Crippen LogP contribution is 2.04. The van der Waals surface area contributed by atoms with E-state index in [9.17, 15) is 14.4 Å². The maximum absolute atomic E-state index is 11.7. The monoisotopic (exact) mass is 295 g/mol. The number of nitrogens with one attached hydrogen (secondary N) is 1. The number of furan rings is 1. The number of hydrogen-bond donors (Lipinski definition) is 1. The van der Waals surface area contributed by atoms with E-state index in [0.29, 0.717) is 5.76 Å². The average Bonchev–Trinajstić information content (AvgIpc) is 3.01. The Bertz CT molecular complexity index is 506. The molecule has 1 amide bonds. The van der Waals surface area contributed by atoms with Crippen molar-refractivity contribution in [3.05, 3.63) is 30.2 Å². The van der Waals surface area contributed by atoms with E-state index in [1.807, 2.05) is 0 Å². The van der Waals surface area contributed by atoms with Gasteiger partial charge < -0.3 is 19.2 Å². The number of methoxy groups -OCH3 is 2. The Morgan fingerprint density at radius 3 is 2.67 bits per heavy atom. The van der Waals surface area contributed by atoms with Crippen LogP contribution in [0.2, 0.25) is 0 Å². The van der Waals surface area contributed by atoms with Crippen LogP contribution in [0.15, 0.2) is 28.9 Å². The maximum atomic E-state index is 11.7. The first kappa shape index (κ1) is 16.5. The van der Waals surface area contributed by atoms with Crippen LogP contribution in [0.1, 0.15) is 18.6 Å². The Morgan fingerprint density at radius 1 is 1.33 bits per heavy atom. The Morgan fingerprint density at radius 2 is 2.10 bits per heavy atom. The molecule has 1 atom stereocenters. The fraction of sp³-hybridized carbons (Fsp3) is 0.357. The average molecular weight is 295 g/mol. The van der Waals surface area contributed by atoms with Crippen LogP contribution < -0.4 is 5.32 Å². The molecule has 7 heteroatoms. The molecule has 0 aliphatic carbocycles. The Balaban J connectivity index is 2.56. The molecule has 21 heavy (non-hydrogen) atoms. The second-order valence-electron chi connectivity index (χ2n) is 4.05. The summed E-state index contributed by atoms with van der Waals surface area (Å²) in [7, 11) is 2.46. The van der Waals surface area contributed by atoms with Crippen molar-refractivity contribution in [1.29, 1.82) is 0 Å². The highest BCUT2D eigenvalue weighted by Gasteiger charge is 2.21. The number of amides is 1. The lowest BCUT2D eigenvalue weighted by atomic mass is 10.1. The molecule has 114 valence electrons. The Hall–Kier alpha value is -2.57. The van der Waals surface area contributed by atoms with E-state index in [1.54, 1.807) is 12.1 Å². The van der Waals surface area contributed by atoms with Gasteiger partial charge in [0.1, 0.15) is 11.8 Å². The summed E-state index contributed by atoms with van der Waals surface area (Å²) < 4.78 is 14.1. The van der Waals surface area contributed by atoms with E-state index in [4.69, 9.17) is 4.42 Å². The molecule has 1 aromatic rings. The summed E-state index contributed by atoms with van der Waals surface area (Å²) in [6.07, 6.45) is 4.26. The van der Waals surface area contributed by atoms with Crippen LogP contribution in [0.4, 0.5) is 0 Å². The highest BCUT2D eigenvalue weighted by atomic mass is 16.5. The number of ether oxygens (including phenoxy) is 2. The molecule has 0 aromatic carbocycles. The second kappa shape index (κ2) is 8.57. The maximum Gasteiger partial charge on any atom is 0.328 e. The zero-order chi connectivity index (χ0) is 15.7. The standard InChI is InChI=1S/C14H17NO6/c1-19-13(17)8-6-11(14(18)20-2)15-12(16)7-5-10-4-3-9-21-10/h3-5,7,9,11H,6,8H2,1-2H3,(H,15,16)/b7-5+/t11-/m0/s1. The van der Waals surface area contributed by atoms with E-state index < -0.39 is 23.9 Å². The summed E-state index contributed by atoms with van der Waals surface area (Å²) >= 11 is 0. The van der Waals surface area contributed by atoms with E-state index in [0.717, 1.165) is 0 Å². The summed E-state index contributed by atoms with van der Waals surface area (Å²) in [4.78, 5) is 34.3. The van der Waals surface area contributed by atoms with Gasteiger partial charge in [-0.2, -0.15) is 0 Å². The lowest BCUT2D eigenvalue weighted by Gasteiger charge is -2.14.